The van der Waals surface area contributed by atoms with Crippen LogP contribution in [-0.4, -0.2) is 27.7 Å². The molecule has 2 aromatic rings. The first-order valence-corrected chi connectivity index (χ1v) is 12.2. The van der Waals surface area contributed by atoms with Crippen molar-refractivity contribution in [1.29, 1.82) is 0 Å². The van der Waals surface area contributed by atoms with Crippen LogP contribution in [0, 0.1) is 0 Å². The summed E-state index contributed by atoms with van der Waals surface area (Å²) in [6.07, 6.45) is 5.15. The summed E-state index contributed by atoms with van der Waals surface area (Å²) in [6.45, 7) is 0. The van der Waals surface area contributed by atoms with Crippen molar-refractivity contribution < 1.29 is 17.9 Å². The summed E-state index contributed by atoms with van der Waals surface area (Å²) >= 11 is 0. The van der Waals surface area contributed by atoms with E-state index in [4.69, 9.17) is 14.7 Å². The fourth-order valence-electron chi connectivity index (χ4n) is 4.53. The van der Waals surface area contributed by atoms with Gasteiger partial charge in [0.15, 0.2) is 0 Å². The molecule has 188 valence electrons. The number of hydrogen-bond acceptors (Lipinski definition) is 5. The molecule has 9 heteroatoms. The third-order valence-electron chi connectivity index (χ3n) is 6.48. The summed E-state index contributed by atoms with van der Waals surface area (Å²) in [7, 11) is 1.57. The van der Waals surface area contributed by atoms with Crippen LogP contribution >= 0.6 is 0 Å². The Morgan fingerprint density at radius 3 is 2.54 bits per heavy atom. The van der Waals surface area contributed by atoms with Crippen LogP contribution in [0.5, 0.6) is 5.88 Å². The number of hydrogen-bond donors (Lipinski definition) is 1. The smallest absolute Gasteiger partial charge is 0.416 e. The van der Waals surface area contributed by atoms with E-state index in [2.05, 4.69) is 22.5 Å². The maximum atomic E-state index is 13.2. The van der Waals surface area contributed by atoms with E-state index in [1.165, 1.54) is 12.1 Å². The SMILES string of the molecule is COc1ncccc1Nc1cc2nc3c(n(-c4ccc(C(F)(F)F)cc4)c-2cc1=NC1CC1)=CCCC=3. The number of fused-ring (bicyclic) bond motifs is 2. The number of methoxy groups -OCH3 is 1. The predicted octanol–water partition coefficient (Wildman–Crippen LogP) is 4.56. The number of pyridine rings is 1. The zero-order valence-electron chi connectivity index (χ0n) is 20.1. The molecular formula is C28H24F3N5O. The Hall–Kier alpha value is -4.14. The molecule has 1 aliphatic heterocycles. The molecule has 1 aromatic heterocycles. The lowest BCUT2D eigenvalue weighted by Crippen LogP contribution is -2.40. The van der Waals surface area contributed by atoms with Gasteiger partial charge in [0, 0.05) is 11.9 Å². The van der Waals surface area contributed by atoms with Crippen molar-refractivity contribution in [1.82, 2.24) is 14.5 Å². The van der Waals surface area contributed by atoms with Crippen LogP contribution < -0.4 is 26.1 Å². The minimum absolute atomic E-state index is 0.249. The molecular weight excluding hydrogens is 479 g/mol. The third kappa shape index (κ3) is 4.57. The molecule has 0 spiro atoms. The predicted molar refractivity (Wildman–Crippen MR) is 135 cm³/mol. The highest BCUT2D eigenvalue weighted by molar-refractivity contribution is 5.72. The lowest BCUT2D eigenvalue weighted by molar-refractivity contribution is -0.137. The molecule has 1 saturated carbocycles. The molecule has 0 amide bonds. The van der Waals surface area contributed by atoms with E-state index in [9.17, 15) is 13.2 Å². The van der Waals surface area contributed by atoms with Gasteiger partial charge >= 0.3 is 6.18 Å². The molecule has 3 aliphatic carbocycles. The van der Waals surface area contributed by atoms with Crippen molar-refractivity contribution in [3.05, 3.63) is 76.3 Å². The number of benzene rings is 2. The van der Waals surface area contributed by atoms with Crippen LogP contribution in [0.3, 0.4) is 0 Å². The lowest BCUT2D eigenvalue weighted by atomic mass is 10.1. The quantitative estimate of drug-likeness (QED) is 0.434. The van der Waals surface area contributed by atoms with Crippen molar-refractivity contribution in [3.63, 3.8) is 0 Å². The molecule has 0 atom stereocenters. The number of nitrogens with zero attached hydrogens (tertiary/aromatic N) is 4. The minimum Gasteiger partial charge on any atom is -0.480 e. The highest BCUT2D eigenvalue weighted by Gasteiger charge is 2.30. The number of rotatable bonds is 5. The zero-order valence-corrected chi connectivity index (χ0v) is 20.1. The van der Waals surface area contributed by atoms with Gasteiger partial charge in [-0.2, -0.15) is 13.2 Å². The van der Waals surface area contributed by atoms with E-state index < -0.39 is 11.7 Å². The van der Waals surface area contributed by atoms with Crippen molar-refractivity contribution in [2.45, 2.75) is 37.9 Å². The molecule has 2 heterocycles. The molecule has 0 bridgehead atoms. The maximum Gasteiger partial charge on any atom is 0.416 e. The van der Waals surface area contributed by atoms with E-state index in [0.29, 0.717) is 22.9 Å². The monoisotopic (exact) mass is 503 g/mol. The standard InChI is InChI=1S/C28H24F3N5O/c1-37-27-21(6-4-14-32-27)35-22-15-24-26(16-23(22)33-18-10-11-18)36(25-7-3-2-5-20(25)34-24)19-12-8-17(9-13-19)28(29,30)31/h4-9,12-16,18,35H,2-3,10-11H2,1H3. The number of aromatic nitrogens is 3. The Balaban J connectivity index is 1.59. The first-order valence-electron chi connectivity index (χ1n) is 12.2. The van der Waals surface area contributed by atoms with Gasteiger partial charge < -0.3 is 14.6 Å². The van der Waals surface area contributed by atoms with E-state index >= 15 is 0 Å². The van der Waals surface area contributed by atoms with Crippen molar-refractivity contribution in [3.8, 4) is 23.0 Å². The molecule has 0 unspecified atom stereocenters. The average molecular weight is 504 g/mol. The van der Waals surface area contributed by atoms with E-state index in [1.807, 2.05) is 28.8 Å². The second-order valence-electron chi connectivity index (χ2n) is 9.15. The molecule has 6 nitrogen and oxygen atoms in total. The van der Waals surface area contributed by atoms with Crippen LogP contribution in [0.25, 0.3) is 29.2 Å². The number of halogens is 3. The van der Waals surface area contributed by atoms with E-state index in [-0.39, 0.29) is 6.04 Å². The van der Waals surface area contributed by atoms with Crippen molar-refractivity contribution in [2.75, 3.05) is 12.4 Å². The summed E-state index contributed by atoms with van der Waals surface area (Å²) in [5, 5.41) is 5.83. The highest BCUT2D eigenvalue weighted by Crippen LogP contribution is 2.31. The Kier molecular flexibility index (Phi) is 5.70. The van der Waals surface area contributed by atoms with Gasteiger partial charge in [-0.3, -0.25) is 4.99 Å². The van der Waals surface area contributed by atoms with Crippen LogP contribution in [0.2, 0.25) is 0 Å². The highest BCUT2D eigenvalue weighted by atomic mass is 19.4. The molecule has 1 N–H and O–H groups in total. The van der Waals surface area contributed by atoms with Crippen molar-refractivity contribution >= 4 is 23.5 Å². The molecule has 6 rings (SSSR count). The maximum absolute atomic E-state index is 13.2. The Morgan fingerprint density at radius 1 is 1.03 bits per heavy atom. The number of nitrogens with one attached hydrogen (secondary N) is 1. The van der Waals surface area contributed by atoms with Gasteiger partial charge in [0.05, 0.1) is 51.8 Å². The van der Waals surface area contributed by atoms with E-state index in [1.54, 1.807) is 13.3 Å². The Morgan fingerprint density at radius 2 is 1.81 bits per heavy atom. The first-order chi connectivity index (χ1) is 17.9. The van der Waals surface area contributed by atoms with E-state index in [0.717, 1.165) is 65.3 Å². The van der Waals surface area contributed by atoms with Gasteiger partial charge in [-0.05, 0) is 74.2 Å². The van der Waals surface area contributed by atoms with Gasteiger partial charge in [0.2, 0.25) is 5.88 Å². The van der Waals surface area contributed by atoms with Crippen LogP contribution in [0.15, 0.2) is 59.7 Å². The minimum atomic E-state index is -4.40. The largest absolute Gasteiger partial charge is 0.480 e. The second kappa shape index (κ2) is 9.06. The normalized spacial score (nSPS) is 15.6. The molecule has 1 fully saturated rings. The topological polar surface area (TPSA) is 64.3 Å². The molecule has 0 saturated heterocycles. The van der Waals surface area contributed by atoms with Gasteiger partial charge in [-0.15, -0.1) is 0 Å². The fraction of sp³-hybridized carbons (Fsp3) is 0.250. The number of ether oxygens (including phenoxy) is 1. The fourth-order valence-corrected chi connectivity index (χ4v) is 4.53. The average Bonchev–Trinajstić information content (AvgIpc) is 3.72. The van der Waals surface area contributed by atoms with Gasteiger partial charge in [-0.25, -0.2) is 9.97 Å². The van der Waals surface area contributed by atoms with Crippen LogP contribution in [-0.2, 0) is 6.18 Å². The summed E-state index contributed by atoms with van der Waals surface area (Å²) in [4.78, 5) is 14.1. The second-order valence-corrected chi connectivity index (χ2v) is 9.15. The first kappa shape index (κ1) is 23.3. The molecule has 37 heavy (non-hydrogen) atoms. The summed E-state index contributed by atoms with van der Waals surface area (Å²) in [5.74, 6) is 0.459. The number of anilines is 2. The number of alkyl halides is 3. The molecule has 0 radical (unpaired) electrons. The van der Waals surface area contributed by atoms with Gasteiger partial charge in [0.1, 0.15) is 5.69 Å². The summed E-state index contributed by atoms with van der Waals surface area (Å²) in [5.41, 5.74) is 2.89. The molecule has 4 aliphatic rings. The summed E-state index contributed by atoms with van der Waals surface area (Å²) < 4.78 is 47.1. The van der Waals surface area contributed by atoms with Gasteiger partial charge in [-0.1, -0.05) is 12.2 Å². The zero-order chi connectivity index (χ0) is 25.6. The van der Waals surface area contributed by atoms with Crippen LogP contribution in [0.4, 0.5) is 24.5 Å². The van der Waals surface area contributed by atoms with Crippen LogP contribution in [0.1, 0.15) is 31.2 Å². The Bertz CT molecular complexity index is 1640. The molecule has 1 aromatic carbocycles. The van der Waals surface area contributed by atoms with Crippen molar-refractivity contribution in [2.24, 2.45) is 4.99 Å². The lowest BCUT2D eigenvalue weighted by Gasteiger charge is -2.20. The summed E-state index contributed by atoms with van der Waals surface area (Å²) in [6, 6.07) is 13.1. The third-order valence-corrected chi connectivity index (χ3v) is 6.48. The Labute approximate surface area is 210 Å². The van der Waals surface area contributed by atoms with Gasteiger partial charge in [0.25, 0.3) is 0 Å².